The molecule has 5 rings (SSSR count). The molecule has 0 spiro atoms. The van der Waals surface area contributed by atoms with E-state index in [1.54, 1.807) is 27.0 Å². The number of cyclic esters (lactones) is 1. The van der Waals surface area contributed by atoms with Crippen LogP contribution in [-0.4, -0.2) is 32.3 Å². The minimum Gasteiger partial charge on any atom is -0.497 e. The van der Waals surface area contributed by atoms with Crippen LogP contribution in [-0.2, 0) is 14.3 Å². The van der Waals surface area contributed by atoms with Gasteiger partial charge in [-0.1, -0.05) is 12.1 Å². The standard InChI is InChI=1S/C22H20O7/c1-22(2)28-15-9-17-16(26-11-27-17)8-14(15)19(12-4-6-13(24-3)7-5-12)20-18(29-22)10-25-21(20)23/h4-9,19H,10-11H2,1-3H3. The Labute approximate surface area is 167 Å². The van der Waals surface area contributed by atoms with E-state index in [4.69, 9.17) is 28.4 Å². The van der Waals surface area contributed by atoms with Crippen LogP contribution in [0.3, 0.4) is 0 Å². The molecule has 0 saturated heterocycles. The number of esters is 1. The Morgan fingerprint density at radius 3 is 2.41 bits per heavy atom. The van der Waals surface area contributed by atoms with Crippen molar-refractivity contribution < 1.29 is 33.2 Å². The van der Waals surface area contributed by atoms with Gasteiger partial charge in [0.25, 0.3) is 0 Å². The average Bonchev–Trinajstić information content (AvgIpc) is 3.28. The summed E-state index contributed by atoms with van der Waals surface area (Å²) < 4.78 is 34.0. The van der Waals surface area contributed by atoms with Crippen LogP contribution in [0.5, 0.6) is 23.0 Å². The Bertz CT molecular complexity index is 1020. The Hall–Kier alpha value is -3.35. The fourth-order valence-corrected chi connectivity index (χ4v) is 3.90. The largest absolute Gasteiger partial charge is 0.497 e. The fourth-order valence-electron chi connectivity index (χ4n) is 3.90. The number of rotatable bonds is 2. The van der Waals surface area contributed by atoms with Gasteiger partial charge in [-0.05, 0) is 23.8 Å². The lowest BCUT2D eigenvalue weighted by Gasteiger charge is -2.33. The van der Waals surface area contributed by atoms with E-state index in [1.807, 2.05) is 30.3 Å². The maximum atomic E-state index is 12.8. The normalized spacial score (nSPS) is 21.2. The number of hydrogen-bond acceptors (Lipinski definition) is 7. The van der Waals surface area contributed by atoms with Crippen LogP contribution >= 0.6 is 0 Å². The summed E-state index contributed by atoms with van der Waals surface area (Å²) >= 11 is 0. The van der Waals surface area contributed by atoms with Gasteiger partial charge < -0.3 is 28.4 Å². The van der Waals surface area contributed by atoms with E-state index < -0.39 is 17.7 Å². The van der Waals surface area contributed by atoms with Gasteiger partial charge >= 0.3 is 5.97 Å². The summed E-state index contributed by atoms with van der Waals surface area (Å²) in [4.78, 5) is 12.8. The topological polar surface area (TPSA) is 72.5 Å². The summed E-state index contributed by atoms with van der Waals surface area (Å²) in [6, 6.07) is 11.2. The van der Waals surface area contributed by atoms with Crippen molar-refractivity contribution in [3.05, 3.63) is 58.9 Å². The highest BCUT2D eigenvalue weighted by molar-refractivity contribution is 5.94. The van der Waals surface area contributed by atoms with Gasteiger partial charge in [-0.3, -0.25) is 0 Å². The Balaban J connectivity index is 1.76. The number of benzene rings is 2. The van der Waals surface area contributed by atoms with Crippen molar-refractivity contribution in [1.29, 1.82) is 0 Å². The van der Waals surface area contributed by atoms with E-state index in [0.717, 1.165) is 16.9 Å². The van der Waals surface area contributed by atoms with Gasteiger partial charge in [-0.25, -0.2) is 4.79 Å². The van der Waals surface area contributed by atoms with Crippen molar-refractivity contribution in [2.24, 2.45) is 0 Å². The molecule has 1 atom stereocenters. The van der Waals surface area contributed by atoms with Gasteiger partial charge in [0.2, 0.25) is 12.6 Å². The molecule has 7 heteroatoms. The summed E-state index contributed by atoms with van der Waals surface area (Å²) in [7, 11) is 1.61. The lowest BCUT2D eigenvalue weighted by molar-refractivity contribution is -0.140. The smallest absolute Gasteiger partial charge is 0.339 e. The maximum Gasteiger partial charge on any atom is 0.339 e. The Morgan fingerprint density at radius 2 is 1.69 bits per heavy atom. The van der Waals surface area contributed by atoms with Gasteiger partial charge in [-0.2, -0.15) is 0 Å². The van der Waals surface area contributed by atoms with Crippen LogP contribution in [0.1, 0.15) is 30.9 Å². The molecule has 2 aromatic rings. The van der Waals surface area contributed by atoms with E-state index in [2.05, 4.69) is 0 Å². The molecule has 29 heavy (non-hydrogen) atoms. The first-order valence-corrected chi connectivity index (χ1v) is 9.31. The second-order valence-corrected chi connectivity index (χ2v) is 7.47. The molecule has 2 aromatic carbocycles. The summed E-state index contributed by atoms with van der Waals surface area (Å²) in [5.74, 6) is 1.11. The molecule has 3 aliphatic heterocycles. The van der Waals surface area contributed by atoms with Crippen molar-refractivity contribution in [3.8, 4) is 23.0 Å². The van der Waals surface area contributed by atoms with Gasteiger partial charge in [0.05, 0.1) is 12.7 Å². The van der Waals surface area contributed by atoms with E-state index in [9.17, 15) is 4.79 Å². The molecule has 0 N–H and O–H groups in total. The van der Waals surface area contributed by atoms with Gasteiger partial charge in [0, 0.05) is 31.4 Å². The quantitative estimate of drug-likeness (QED) is 0.719. The number of carbonyl (C=O) groups excluding carboxylic acids is 1. The van der Waals surface area contributed by atoms with E-state index in [0.29, 0.717) is 28.6 Å². The lowest BCUT2D eigenvalue weighted by atomic mass is 9.83. The molecule has 150 valence electrons. The van der Waals surface area contributed by atoms with Crippen LogP contribution in [0.2, 0.25) is 0 Å². The van der Waals surface area contributed by atoms with Gasteiger partial charge in [-0.15, -0.1) is 0 Å². The lowest BCUT2D eigenvalue weighted by Crippen LogP contribution is -2.34. The predicted octanol–water partition coefficient (Wildman–Crippen LogP) is 3.51. The second kappa shape index (κ2) is 6.34. The zero-order valence-corrected chi connectivity index (χ0v) is 16.3. The van der Waals surface area contributed by atoms with Crippen LogP contribution < -0.4 is 18.9 Å². The van der Waals surface area contributed by atoms with Crippen LogP contribution in [0, 0.1) is 0 Å². The SMILES string of the molecule is COc1ccc(C2C3=C(COC3=O)OC(C)(C)Oc3cc4c(cc32)OCO4)cc1. The number of fused-ring (bicyclic) bond motifs is 2. The zero-order chi connectivity index (χ0) is 20.2. The number of hydrogen-bond donors (Lipinski definition) is 0. The first-order valence-electron chi connectivity index (χ1n) is 9.31. The van der Waals surface area contributed by atoms with Gasteiger partial charge in [0.15, 0.2) is 17.3 Å². The molecule has 7 nitrogen and oxygen atoms in total. The van der Waals surface area contributed by atoms with Crippen molar-refractivity contribution in [2.45, 2.75) is 25.6 Å². The zero-order valence-electron chi connectivity index (χ0n) is 16.3. The van der Waals surface area contributed by atoms with Crippen molar-refractivity contribution in [1.82, 2.24) is 0 Å². The molecule has 0 radical (unpaired) electrons. The monoisotopic (exact) mass is 396 g/mol. The minimum atomic E-state index is -0.998. The molecule has 1 unspecified atom stereocenters. The van der Waals surface area contributed by atoms with E-state index in [1.165, 1.54) is 0 Å². The molecule has 3 aliphatic rings. The average molecular weight is 396 g/mol. The van der Waals surface area contributed by atoms with Crippen molar-refractivity contribution in [3.63, 3.8) is 0 Å². The van der Waals surface area contributed by atoms with E-state index >= 15 is 0 Å². The fraction of sp³-hybridized carbons (Fsp3) is 0.318. The summed E-state index contributed by atoms with van der Waals surface area (Å²) in [5, 5.41) is 0. The highest BCUT2D eigenvalue weighted by atomic mass is 16.7. The molecule has 0 fully saturated rings. The molecule has 0 amide bonds. The summed E-state index contributed by atoms with van der Waals surface area (Å²) in [5.41, 5.74) is 2.12. The Morgan fingerprint density at radius 1 is 0.966 bits per heavy atom. The number of methoxy groups -OCH3 is 1. The highest BCUT2D eigenvalue weighted by Gasteiger charge is 2.42. The molecule has 3 heterocycles. The van der Waals surface area contributed by atoms with E-state index in [-0.39, 0.29) is 13.4 Å². The minimum absolute atomic E-state index is 0.0769. The third-order valence-electron chi connectivity index (χ3n) is 5.13. The molecule has 0 saturated carbocycles. The highest BCUT2D eigenvalue weighted by Crippen LogP contribution is 2.49. The summed E-state index contributed by atoms with van der Waals surface area (Å²) in [6.07, 6.45) is 0. The third-order valence-corrected chi connectivity index (χ3v) is 5.13. The van der Waals surface area contributed by atoms with Crippen LogP contribution in [0.15, 0.2) is 47.7 Å². The second-order valence-electron chi connectivity index (χ2n) is 7.47. The number of carbonyl (C=O) groups is 1. The molecule has 0 aromatic heterocycles. The Kier molecular flexibility index (Phi) is 3.87. The summed E-state index contributed by atoms with van der Waals surface area (Å²) in [6.45, 7) is 3.81. The van der Waals surface area contributed by atoms with Crippen molar-refractivity contribution in [2.75, 3.05) is 20.5 Å². The first-order chi connectivity index (χ1) is 13.9. The first kappa shape index (κ1) is 17.7. The molecule has 0 bridgehead atoms. The predicted molar refractivity (Wildman–Crippen MR) is 101 cm³/mol. The third kappa shape index (κ3) is 2.93. The number of ether oxygens (including phenoxy) is 6. The molecular formula is C22H20O7. The molecule has 0 aliphatic carbocycles. The van der Waals surface area contributed by atoms with Crippen LogP contribution in [0.25, 0.3) is 0 Å². The van der Waals surface area contributed by atoms with Gasteiger partial charge in [0.1, 0.15) is 18.1 Å². The van der Waals surface area contributed by atoms with Crippen LogP contribution in [0.4, 0.5) is 0 Å². The molecular weight excluding hydrogens is 376 g/mol. The maximum absolute atomic E-state index is 12.8. The van der Waals surface area contributed by atoms with Crippen molar-refractivity contribution >= 4 is 5.97 Å².